The molecule has 0 bridgehead atoms. The van der Waals surface area contributed by atoms with E-state index in [9.17, 15) is 4.79 Å². The number of allylic oxidation sites excluding steroid dienone is 1. The van der Waals surface area contributed by atoms with Crippen LogP contribution in [0.3, 0.4) is 0 Å². The van der Waals surface area contributed by atoms with Crippen molar-refractivity contribution in [2.24, 2.45) is 5.92 Å². The Morgan fingerprint density at radius 2 is 1.54 bits per heavy atom. The minimum absolute atomic E-state index is 0.00992. The first-order valence-electron chi connectivity index (χ1n) is 9.26. The van der Waals surface area contributed by atoms with Gasteiger partial charge in [-0.25, -0.2) is 4.79 Å². The molecule has 0 heterocycles. The average Bonchev–Trinajstić information content (AvgIpc) is 2.47. The summed E-state index contributed by atoms with van der Waals surface area (Å²) in [6.45, 7) is 22.1. The topological polar surface area (TPSA) is 35.5 Å². The van der Waals surface area contributed by atoms with Crippen LogP contribution in [-0.2, 0) is 14.0 Å². The van der Waals surface area contributed by atoms with Gasteiger partial charge in [0, 0.05) is 6.08 Å². The molecule has 0 unspecified atom stereocenters. The molecule has 0 aliphatic rings. The molecule has 0 fully saturated rings. The fourth-order valence-electron chi connectivity index (χ4n) is 3.74. The normalized spacial score (nSPS) is 15.3. The molecule has 0 rings (SSSR count). The van der Waals surface area contributed by atoms with Crippen molar-refractivity contribution in [3.63, 3.8) is 0 Å². The van der Waals surface area contributed by atoms with Gasteiger partial charge in [0.15, 0.2) is 0 Å². The van der Waals surface area contributed by atoms with E-state index in [0.717, 1.165) is 6.42 Å². The van der Waals surface area contributed by atoms with Crippen molar-refractivity contribution in [1.29, 1.82) is 0 Å². The summed E-state index contributed by atoms with van der Waals surface area (Å²) >= 11 is 0. The molecular weight excluding hydrogens is 316 g/mol. The minimum atomic E-state index is -1.94. The third kappa shape index (κ3) is 6.21. The van der Waals surface area contributed by atoms with Crippen LogP contribution >= 0.6 is 0 Å². The Kier molecular flexibility index (Phi) is 10.5. The van der Waals surface area contributed by atoms with Gasteiger partial charge < -0.3 is 9.16 Å². The van der Waals surface area contributed by atoms with Crippen LogP contribution in [0.5, 0.6) is 0 Å². The van der Waals surface area contributed by atoms with Crippen molar-refractivity contribution in [3.05, 3.63) is 24.8 Å². The summed E-state index contributed by atoms with van der Waals surface area (Å²) in [6, 6.07) is 0. The van der Waals surface area contributed by atoms with Crippen molar-refractivity contribution < 1.29 is 14.0 Å². The molecule has 0 spiro atoms. The summed E-state index contributed by atoms with van der Waals surface area (Å²) in [5, 5.41) is 0. The molecule has 0 aromatic rings. The van der Waals surface area contributed by atoms with Gasteiger partial charge in [0.1, 0.15) is 0 Å². The van der Waals surface area contributed by atoms with Gasteiger partial charge in [0.25, 0.3) is 0 Å². The number of hydrogen-bond acceptors (Lipinski definition) is 3. The van der Waals surface area contributed by atoms with Gasteiger partial charge in [0.2, 0.25) is 8.32 Å². The Morgan fingerprint density at radius 3 is 1.92 bits per heavy atom. The predicted molar refractivity (Wildman–Crippen MR) is 106 cm³/mol. The van der Waals surface area contributed by atoms with Crippen LogP contribution < -0.4 is 0 Å². The SMILES string of the molecule is C=C[C@H](O[Si](C(C)C)(C(C)C)C(C)C)[C@@H](C)C/C=C/C(=O)OCC. The maximum absolute atomic E-state index is 11.4. The molecule has 0 aromatic heterocycles. The summed E-state index contributed by atoms with van der Waals surface area (Å²) < 4.78 is 11.7. The first-order chi connectivity index (χ1) is 11.1. The molecular formula is C20H38O3Si. The maximum atomic E-state index is 11.4. The molecule has 0 saturated heterocycles. The van der Waals surface area contributed by atoms with Crippen LogP contribution in [0.15, 0.2) is 24.8 Å². The van der Waals surface area contributed by atoms with E-state index in [-0.39, 0.29) is 18.0 Å². The van der Waals surface area contributed by atoms with E-state index in [1.165, 1.54) is 6.08 Å². The Hall–Kier alpha value is -0.873. The number of ether oxygens (including phenoxy) is 1. The molecule has 0 amide bonds. The van der Waals surface area contributed by atoms with E-state index < -0.39 is 8.32 Å². The summed E-state index contributed by atoms with van der Waals surface area (Å²) in [5.41, 5.74) is 1.63. The van der Waals surface area contributed by atoms with Gasteiger partial charge in [0.05, 0.1) is 12.7 Å². The summed E-state index contributed by atoms with van der Waals surface area (Å²) in [7, 11) is -1.94. The third-order valence-electron chi connectivity index (χ3n) is 4.89. The zero-order chi connectivity index (χ0) is 18.9. The van der Waals surface area contributed by atoms with Crippen LogP contribution in [0.4, 0.5) is 0 Å². The summed E-state index contributed by atoms with van der Waals surface area (Å²) in [4.78, 5) is 11.4. The second kappa shape index (κ2) is 10.9. The van der Waals surface area contributed by atoms with Crippen molar-refractivity contribution in [1.82, 2.24) is 0 Å². The van der Waals surface area contributed by atoms with E-state index in [2.05, 4.69) is 55.0 Å². The maximum Gasteiger partial charge on any atom is 0.330 e. The highest BCUT2D eigenvalue weighted by Gasteiger charge is 2.46. The monoisotopic (exact) mass is 354 g/mol. The average molecular weight is 355 g/mol. The van der Waals surface area contributed by atoms with Gasteiger partial charge in [-0.15, -0.1) is 6.58 Å². The first-order valence-corrected chi connectivity index (χ1v) is 11.4. The molecule has 0 aromatic carbocycles. The standard InChI is InChI=1S/C20H38O3Si/c1-10-19(18(9)13-12-14-20(21)22-11-2)23-24(15(3)4,16(5)6)17(7)8/h10,12,14-19H,1,11,13H2,2-9H3/b14-12+/t18-,19-/m0/s1. The lowest BCUT2D eigenvalue weighted by Crippen LogP contribution is -2.50. The molecule has 3 nitrogen and oxygen atoms in total. The Balaban J connectivity index is 5.11. The molecule has 0 N–H and O–H groups in total. The molecule has 0 aliphatic carbocycles. The third-order valence-corrected chi connectivity index (χ3v) is 11.0. The van der Waals surface area contributed by atoms with Gasteiger partial charge in [-0.3, -0.25) is 0 Å². The van der Waals surface area contributed by atoms with Crippen LogP contribution in [0.25, 0.3) is 0 Å². The van der Waals surface area contributed by atoms with E-state index in [1.54, 1.807) is 0 Å². The lowest BCUT2D eigenvalue weighted by molar-refractivity contribution is -0.137. The van der Waals surface area contributed by atoms with Crippen LogP contribution in [0, 0.1) is 5.92 Å². The Labute approximate surface area is 150 Å². The van der Waals surface area contributed by atoms with E-state index >= 15 is 0 Å². The van der Waals surface area contributed by atoms with E-state index in [1.807, 2.05) is 19.1 Å². The van der Waals surface area contributed by atoms with Crippen molar-refractivity contribution >= 4 is 14.3 Å². The minimum Gasteiger partial charge on any atom is -0.463 e. The molecule has 140 valence electrons. The van der Waals surface area contributed by atoms with E-state index in [4.69, 9.17) is 9.16 Å². The highest BCUT2D eigenvalue weighted by atomic mass is 28.4. The number of esters is 1. The molecule has 0 saturated carbocycles. The van der Waals surface area contributed by atoms with Crippen molar-refractivity contribution in [2.75, 3.05) is 6.61 Å². The zero-order valence-corrected chi connectivity index (χ0v) is 18.0. The van der Waals surface area contributed by atoms with Crippen LogP contribution in [0.2, 0.25) is 16.6 Å². The Bertz CT molecular complexity index is 391. The van der Waals surface area contributed by atoms with E-state index in [0.29, 0.717) is 23.2 Å². The Morgan fingerprint density at radius 1 is 1.04 bits per heavy atom. The van der Waals surface area contributed by atoms with Crippen LogP contribution in [0.1, 0.15) is 61.8 Å². The largest absolute Gasteiger partial charge is 0.463 e. The first kappa shape index (κ1) is 23.1. The highest BCUT2D eigenvalue weighted by molar-refractivity contribution is 6.77. The van der Waals surface area contributed by atoms with Crippen LogP contribution in [-0.4, -0.2) is 27.0 Å². The lowest BCUT2D eigenvalue weighted by atomic mass is 10.0. The molecule has 0 aliphatic heterocycles. The molecule has 0 radical (unpaired) electrons. The fraction of sp³-hybridized carbons (Fsp3) is 0.750. The molecule has 2 atom stereocenters. The van der Waals surface area contributed by atoms with Crippen molar-refractivity contribution in [3.8, 4) is 0 Å². The predicted octanol–water partition coefficient (Wildman–Crippen LogP) is 5.88. The van der Waals surface area contributed by atoms with Gasteiger partial charge in [-0.2, -0.15) is 0 Å². The number of hydrogen-bond donors (Lipinski definition) is 0. The number of carbonyl (C=O) groups excluding carboxylic acids is 1. The second-order valence-corrected chi connectivity index (χ2v) is 12.9. The van der Waals surface area contributed by atoms with Gasteiger partial charge in [-0.05, 0) is 35.9 Å². The van der Waals surface area contributed by atoms with Gasteiger partial charge in [-0.1, -0.05) is 60.6 Å². The smallest absolute Gasteiger partial charge is 0.330 e. The zero-order valence-electron chi connectivity index (χ0n) is 17.0. The molecule has 4 heteroatoms. The summed E-state index contributed by atoms with van der Waals surface area (Å²) in [6.07, 6.45) is 6.10. The quantitative estimate of drug-likeness (QED) is 0.201. The highest BCUT2D eigenvalue weighted by Crippen LogP contribution is 2.43. The fourth-order valence-corrected chi connectivity index (χ4v) is 9.36. The number of carbonyl (C=O) groups is 1. The number of rotatable bonds is 11. The molecule has 24 heavy (non-hydrogen) atoms. The van der Waals surface area contributed by atoms with Crippen molar-refractivity contribution in [2.45, 2.75) is 84.5 Å². The summed E-state index contributed by atoms with van der Waals surface area (Å²) in [5.74, 6) is -0.00710. The second-order valence-electron chi connectivity index (χ2n) is 7.50. The van der Waals surface area contributed by atoms with Gasteiger partial charge >= 0.3 is 5.97 Å². The lowest BCUT2D eigenvalue weighted by Gasteiger charge is -2.45.